The van der Waals surface area contributed by atoms with Gasteiger partial charge in [-0.1, -0.05) is 56.0 Å². The summed E-state index contributed by atoms with van der Waals surface area (Å²) in [5.74, 6) is -0.386. The predicted molar refractivity (Wildman–Crippen MR) is 105 cm³/mol. The number of rotatable bonds is 6. The lowest BCUT2D eigenvalue weighted by molar-refractivity contribution is -0.123. The van der Waals surface area contributed by atoms with Gasteiger partial charge >= 0.3 is 0 Å². The number of hydrogen-bond acceptors (Lipinski definition) is 3. The average molecular weight is 365 g/mol. The van der Waals surface area contributed by atoms with Gasteiger partial charge in [-0.25, -0.2) is 0 Å². The quantitative estimate of drug-likeness (QED) is 0.772. The zero-order chi connectivity index (χ0) is 18.9. The Labute approximate surface area is 160 Å². The Kier molecular flexibility index (Phi) is 6.97. The second-order valence-electron chi connectivity index (χ2n) is 7.15. The molecule has 0 aliphatic heterocycles. The summed E-state index contributed by atoms with van der Waals surface area (Å²) in [6.07, 6.45) is 10.4. The van der Waals surface area contributed by atoms with E-state index >= 15 is 0 Å². The zero-order valence-corrected chi connectivity index (χ0v) is 15.6. The number of amides is 2. The van der Waals surface area contributed by atoms with E-state index in [1.807, 2.05) is 30.3 Å². The molecule has 1 fully saturated rings. The maximum Gasteiger partial charge on any atom is 0.253 e. The number of carbonyl (C=O) groups is 2. The maximum absolute atomic E-state index is 13.0. The zero-order valence-electron chi connectivity index (χ0n) is 15.6. The van der Waals surface area contributed by atoms with Crippen LogP contribution in [0.5, 0.6) is 0 Å². The fourth-order valence-electron chi connectivity index (χ4n) is 3.52. The fourth-order valence-corrected chi connectivity index (χ4v) is 3.52. The van der Waals surface area contributed by atoms with Crippen LogP contribution in [0, 0.1) is 0 Å². The van der Waals surface area contributed by atoms with Gasteiger partial charge < -0.3 is 10.6 Å². The molecule has 0 radical (unpaired) electrons. The summed E-state index contributed by atoms with van der Waals surface area (Å²) in [4.78, 5) is 29.5. The van der Waals surface area contributed by atoms with Crippen LogP contribution in [-0.4, -0.2) is 28.9 Å². The normalized spacial score (nSPS) is 16.1. The number of nitrogens with one attached hydrogen (secondary N) is 2. The van der Waals surface area contributed by atoms with E-state index in [0.717, 1.165) is 31.2 Å². The Morgan fingerprint density at radius 2 is 1.74 bits per heavy atom. The molecule has 5 heteroatoms. The summed E-state index contributed by atoms with van der Waals surface area (Å²) in [5, 5.41) is 6.06. The molecule has 1 aliphatic carbocycles. The molecule has 3 rings (SSSR count). The topological polar surface area (TPSA) is 71.1 Å². The van der Waals surface area contributed by atoms with E-state index in [1.54, 1.807) is 18.3 Å². The molecule has 1 saturated carbocycles. The standard InChI is InChI=1S/C22H27N3O2/c26-21(18-11-8-14-23-16-18)25-20(15-17-9-4-3-5-10-17)22(27)24-19-12-6-1-2-7-13-19/h3-5,8-11,14,16,19-20H,1-2,6-7,12-13,15H2,(H,24,27)(H,25,26)/t20-/m1/s1. The molecule has 1 aliphatic rings. The van der Waals surface area contributed by atoms with E-state index in [4.69, 9.17) is 0 Å². The first-order valence-electron chi connectivity index (χ1n) is 9.77. The lowest BCUT2D eigenvalue weighted by atomic mass is 10.0. The number of hydrogen-bond donors (Lipinski definition) is 2. The van der Waals surface area contributed by atoms with Crippen LogP contribution >= 0.6 is 0 Å². The Hall–Kier alpha value is -2.69. The van der Waals surface area contributed by atoms with Crippen LogP contribution in [0.3, 0.4) is 0 Å². The number of benzene rings is 1. The van der Waals surface area contributed by atoms with Crippen LogP contribution in [0.4, 0.5) is 0 Å². The van der Waals surface area contributed by atoms with E-state index in [9.17, 15) is 9.59 Å². The molecule has 1 atom stereocenters. The maximum atomic E-state index is 13.0. The summed E-state index contributed by atoms with van der Waals surface area (Å²) in [6, 6.07) is 12.8. The molecule has 2 N–H and O–H groups in total. The van der Waals surface area contributed by atoms with Crippen LogP contribution in [-0.2, 0) is 11.2 Å². The van der Waals surface area contributed by atoms with E-state index in [1.165, 1.54) is 19.0 Å². The molecule has 27 heavy (non-hydrogen) atoms. The third-order valence-electron chi connectivity index (χ3n) is 5.03. The Morgan fingerprint density at radius 1 is 1.00 bits per heavy atom. The third kappa shape index (κ3) is 5.91. The van der Waals surface area contributed by atoms with Crippen molar-refractivity contribution in [1.29, 1.82) is 0 Å². The molecule has 0 bridgehead atoms. The van der Waals surface area contributed by atoms with Gasteiger partial charge in [-0.15, -0.1) is 0 Å². The van der Waals surface area contributed by atoms with Crippen molar-refractivity contribution in [3.05, 3.63) is 66.0 Å². The van der Waals surface area contributed by atoms with Gasteiger partial charge in [0.15, 0.2) is 0 Å². The van der Waals surface area contributed by atoms with Crippen molar-refractivity contribution >= 4 is 11.8 Å². The summed E-state index contributed by atoms with van der Waals surface area (Å²) in [7, 11) is 0. The predicted octanol–water partition coefficient (Wildman–Crippen LogP) is 3.26. The summed E-state index contributed by atoms with van der Waals surface area (Å²) >= 11 is 0. The van der Waals surface area contributed by atoms with E-state index in [2.05, 4.69) is 15.6 Å². The van der Waals surface area contributed by atoms with Gasteiger partial charge in [0.2, 0.25) is 5.91 Å². The average Bonchev–Trinajstić information content (AvgIpc) is 2.97. The lowest BCUT2D eigenvalue weighted by Gasteiger charge is -2.23. The number of aromatic nitrogens is 1. The molecule has 142 valence electrons. The highest BCUT2D eigenvalue weighted by Crippen LogP contribution is 2.17. The number of carbonyl (C=O) groups excluding carboxylic acids is 2. The smallest absolute Gasteiger partial charge is 0.253 e. The summed E-state index contributed by atoms with van der Waals surface area (Å²) in [5.41, 5.74) is 1.47. The van der Waals surface area contributed by atoms with Crippen LogP contribution in [0.2, 0.25) is 0 Å². The van der Waals surface area contributed by atoms with Gasteiger partial charge in [-0.05, 0) is 30.5 Å². The van der Waals surface area contributed by atoms with Crippen molar-refractivity contribution in [3.8, 4) is 0 Å². The Morgan fingerprint density at radius 3 is 2.41 bits per heavy atom. The number of nitrogens with zero attached hydrogens (tertiary/aromatic N) is 1. The van der Waals surface area contributed by atoms with Crippen molar-refractivity contribution in [2.24, 2.45) is 0 Å². The molecule has 0 spiro atoms. The molecule has 5 nitrogen and oxygen atoms in total. The minimum atomic E-state index is -0.608. The van der Waals surface area contributed by atoms with Gasteiger partial charge in [-0.3, -0.25) is 14.6 Å². The molecule has 2 amide bonds. The largest absolute Gasteiger partial charge is 0.352 e. The highest BCUT2D eigenvalue weighted by molar-refractivity contribution is 5.97. The first kappa shape index (κ1) is 19.1. The molecule has 0 unspecified atom stereocenters. The van der Waals surface area contributed by atoms with Crippen LogP contribution in [0.25, 0.3) is 0 Å². The van der Waals surface area contributed by atoms with Crippen molar-refractivity contribution in [3.63, 3.8) is 0 Å². The number of pyridine rings is 1. The van der Waals surface area contributed by atoms with E-state index in [-0.39, 0.29) is 17.9 Å². The Balaban J connectivity index is 1.70. The molecular formula is C22H27N3O2. The SMILES string of the molecule is O=C(N[C@H](Cc1ccccc1)C(=O)NC1CCCCCC1)c1cccnc1. The summed E-state index contributed by atoms with van der Waals surface area (Å²) < 4.78 is 0. The minimum Gasteiger partial charge on any atom is -0.352 e. The second-order valence-corrected chi connectivity index (χ2v) is 7.15. The highest BCUT2D eigenvalue weighted by atomic mass is 16.2. The van der Waals surface area contributed by atoms with Crippen LogP contribution < -0.4 is 10.6 Å². The van der Waals surface area contributed by atoms with Gasteiger partial charge in [0, 0.05) is 24.9 Å². The molecule has 0 saturated heterocycles. The van der Waals surface area contributed by atoms with Crippen molar-refractivity contribution in [1.82, 2.24) is 15.6 Å². The molecule has 1 heterocycles. The van der Waals surface area contributed by atoms with E-state index < -0.39 is 6.04 Å². The highest BCUT2D eigenvalue weighted by Gasteiger charge is 2.24. The van der Waals surface area contributed by atoms with Gasteiger partial charge in [0.05, 0.1) is 5.56 Å². The second kappa shape index (κ2) is 9.86. The fraction of sp³-hybridized carbons (Fsp3) is 0.409. The molecule has 2 aromatic rings. The van der Waals surface area contributed by atoms with Crippen LogP contribution in [0.15, 0.2) is 54.9 Å². The molecule has 1 aromatic heterocycles. The first-order valence-corrected chi connectivity index (χ1v) is 9.77. The molecular weight excluding hydrogens is 338 g/mol. The third-order valence-corrected chi connectivity index (χ3v) is 5.03. The van der Waals surface area contributed by atoms with Crippen LogP contribution in [0.1, 0.15) is 54.4 Å². The van der Waals surface area contributed by atoms with Crippen molar-refractivity contribution in [2.45, 2.75) is 57.0 Å². The first-order chi connectivity index (χ1) is 13.2. The van der Waals surface area contributed by atoms with E-state index in [0.29, 0.717) is 12.0 Å². The minimum absolute atomic E-state index is 0.108. The van der Waals surface area contributed by atoms with Crippen molar-refractivity contribution < 1.29 is 9.59 Å². The van der Waals surface area contributed by atoms with Gasteiger partial charge in [-0.2, -0.15) is 0 Å². The van der Waals surface area contributed by atoms with Gasteiger partial charge in [0.1, 0.15) is 6.04 Å². The van der Waals surface area contributed by atoms with Crippen molar-refractivity contribution in [2.75, 3.05) is 0 Å². The lowest BCUT2D eigenvalue weighted by Crippen LogP contribution is -2.50. The molecule has 1 aromatic carbocycles. The Bertz CT molecular complexity index is 726. The summed E-state index contributed by atoms with van der Waals surface area (Å²) in [6.45, 7) is 0. The monoisotopic (exact) mass is 365 g/mol. The van der Waals surface area contributed by atoms with Gasteiger partial charge in [0.25, 0.3) is 5.91 Å².